The number of rotatable bonds is 11. The first-order chi connectivity index (χ1) is 18.0. The largest absolute Gasteiger partial charge is 0.410 e. The highest BCUT2D eigenvalue weighted by Crippen LogP contribution is 2.28. The topological polar surface area (TPSA) is 84.7 Å². The average Bonchev–Trinajstić information content (AvgIpc) is 2.92. The van der Waals surface area contributed by atoms with Gasteiger partial charge < -0.3 is 20.7 Å². The van der Waals surface area contributed by atoms with Crippen molar-refractivity contribution in [3.8, 4) is 16.9 Å². The Morgan fingerprint density at radius 3 is 2.43 bits per heavy atom. The fraction of sp³-hybridized carbons (Fsp3) is 0.355. The standard InChI is InChI=1S/C31H37N3O3/c1-2-19-34(28-16-14-27-22-29(37-31(32)36)17-15-26(27)21-28)20-7-6-18-33-30(35)25-12-10-24(11-13-25)23-8-4-3-5-9-23/h3-5,8-13,15,17,22,28H,2,6-7,14,16,18-21H2,1H3,(H2,32,36)(H,33,35)/t28-/m1/s1. The minimum atomic E-state index is -0.778. The molecule has 0 radical (unpaired) electrons. The Balaban J connectivity index is 1.22. The van der Waals surface area contributed by atoms with Gasteiger partial charge in [0, 0.05) is 18.2 Å². The lowest BCUT2D eigenvalue weighted by Crippen LogP contribution is -2.40. The van der Waals surface area contributed by atoms with E-state index in [0.717, 1.165) is 62.7 Å². The second kappa shape index (κ2) is 13.1. The van der Waals surface area contributed by atoms with E-state index in [9.17, 15) is 9.59 Å². The third-order valence-corrected chi connectivity index (χ3v) is 7.04. The molecule has 6 heteroatoms. The van der Waals surface area contributed by atoms with E-state index >= 15 is 0 Å². The third-order valence-electron chi connectivity index (χ3n) is 7.04. The van der Waals surface area contributed by atoms with Gasteiger partial charge in [0.2, 0.25) is 0 Å². The molecule has 0 heterocycles. The van der Waals surface area contributed by atoms with Gasteiger partial charge in [-0.05, 0) is 98.1 Å². The molecule has 0 fully saturated rings. The van der Waals surface area contributed by atoms with Crippen molar-refractivity contribution >= 4 is 12.0 Å². The van der Waals surface area contributed by atoms with E-state index in [2.05, 4.69) is 35.3 Å². The number of aryl methyl sites for hydroxylation is 1. The summed E-state index contributed by atoms with van der Waals surface area (Å²) in [6.45, 7) is 5.00. The van der Waals surface area contributed by atoms with Crippen LogP contribution in [-0.4, -0.2) is 42.6 Å². The second-order valence-electron chi connectivity index (χ2n) is 9.69. The smallest absolute Gasteiger partial charge is 0.409 e. The summed E-state index contributed by atoms with van der Waals surface area (Å²) >= 11 is 0. The van der Waals surface area contributed by atoms with Crippen molar-refractivity contribution in [3.05, 3.63) is 89.5 Å². The van der Waals surface area contributed by atoms with Gasteiger partial charge in [-0.15, -0.1) is 0 Å². The van der Waals surface area contributed by atoms with Gasteiger partial charge >= 0.3 is 6.09 Å². The molecule has 1 aliphatic carbocycles. The van der Waals surface area contributed by atoms with Gasteiger partial charge in [-0.25, -0.2) is 4.79 Å². The van der Waals surface area contributed by atoms with Crippen molar-refractivity contribution in [2.24, 2.45) is 5.73 Å². The van der Waals surface area contributed by atoms with Crippen molar-refractivity contribution in [2.45, 2.75) is 51.5 Å². The number of hydrogen-bond donors (Lipinski definition) is 2. The molecule has 0 saturated heterocycles. The number of ether oxygens (including phenoxy) is 1. The van der Waals surface area contributed by atoms with E-state index < -0.39 is 6.09 Å². The van der Waals surface area contributed by atoms with Crippen molar-refractivity contribution in [3.63, 3.8) is 0 Å². The minimum Gasteiger partial charge on any atom is -0.410 e. The molecule has 37 heavy (non-hydrogen) atoms. The van der Waals surface area contributed by atoms with Crippen LogP contribution >= 0.6 is 0 Å². The number of primary amides is 1. The molecule has 0 aromatic heterocycles. The number of nitrogens with two attached hydrogens (primary N) is 1. The first-order valence-electron chi connectivity index (χ1n) is 13.3. The lowest BCUT2D eigenvalue weighted by atomic mass is 9.87. The van der Waals surface area contributed by atoms with Crippen molar-refractivity contribution in [2.75, 3.05) is 19.6 Å². The SMILES string of the molecule is CCCN(CCCCNC(=O)c1ccc(-c2ccccc2)cc1)[C@@H]1CCc2cc(OC(N)=O)ccc2C1. The minimum absolute atomic E-state index is 0.0198. The molecule has 0 saturated carbocycles. The predicted molar refractivity (Wildman–Crippen MR) is 148 cm³/mol. The molecule has 1 atom stereocenters. The van der Waals surface area contributed by atoms with Crippen LogP contribution in [0, 0.1) is 0 Å². The fourth-order valence-corrected chi connectivity index (χ4v) is 5.16. The maximum Gasteiger partial charge on any atom is 0.409 e. The molecule has 194 valence electrons. The summed E-state index contributed by atoms with van der Waals surface area (Å²) < 4.78 is 5.04. The van der Waals surface area contributed by atoms with E-state index in [1.807, 2.05) is 54.6 Å². The number of nitrogens with zero attached hydrogens (tertiary/aromatic N) is 1. The highest BCUT2D eigenvalue weighted by Gasteiger charge is 2.24. The molecule has 0 bridgehead atoms. The average molecular weight is 500 g/mol. The zero-order chi connectivity index (χ0) is 26.0. The maximum absolute atomic E-state index is 12.6. The number of unbranched alkanes of at least 4 members (excludes halogenated alkanes) is 1. The van der Waals surface area contributed by atoms with Crippen LogP contribution in [0.15, 0.2) is 72.8 Å². The summed E-state index contributed by atoms with van der Waals surface area (Å²) in [6, 6.07) is 24.3. The summed E-state index contributed by atoms with van der Waals surface area (Å²) in [5.74, 6) is 0.498. The van der Waals surface area contributed by atoms with Crippen LogP contribution in [0.25, 0.3) is 11.1 Å². The van der Waals surface area contributed by atoms with Crippen molar-refractivity contribution in [1.82, 2.24) is 10.2 Å². The Hall–Kier alpha value is -3.64. The van der Waals surface area contributed by atoms with Gasteiger partial charge in [0.25, 0.3) is 5.91 Å². The molecular weight excluding hydrogens is 462 g/mol. The van der Waals surface area contributed by atoms with Gasteiger partial charge in [-0.1, -0.05) is 55.5 Å². The molecule has 0 unspecified atom stereocenters. The highest BCUT2D eigenvalue weighted by atomic mass is 16.5. The molecule has 6 nitrogen and oxygen atoms in total. The molecule has 3 aromatic rings. The Kier molecular flexibility index (Phi) is 9.33. The van der Waals surface area contributed by atoms with Gasteiger partial charge in [-0.2, -0.15) is 0 Å². The zero-order valence-electron chi connectivity index (χ0n) is 21.6. The summed E-state index contributed by atoms with van der Waals surface area (Å²) in [4.78, 5) is 26.2. The second-order valence-corrected chi connectivity index (χ2v) is 9.69. The number of fused-ring (bicyclic) bond motifs is 1. The summed E-state index contributed by atoms with van der Waals surface area (Å²) in [6.07, 6.45) is 5.39. The molecule has 0 aliphatic heterocycles. The van der Waals surface area contributed by atoms with Crippen LogP contribution in [0.3, 0.4) is 0 Å². The Morgan fingerprint density at radius 1 is 0.946 bits per heavy atom. The predicted octanol–water partition coefficient (Wildman–Crippen LogP) is 5.59. The number of hydrogen-bond acceptors (Lipinski definition) is 4. The highest BCUT2D eigenvalue weighted by molar-refractivity contribution is 5.94. The Morgan fingerprint density at radius 2 is 1.70 bits per heavy atom. The molecular formula is C31H37N3O3. The summed E-state index contributed by atoms with van der Waals surface area (Å²) in [7, 11) is 0. The molecule has 1 aliphatic rings. The molecule has 4 rings (SSSR count). The Labute approximate surface area is 219 Å². The van der Waals surface area contributed by atoms with Gasteiger partial charge in [0.05, 0.1) is 0 Å². The lowest BCUT2D eigenvalue weighted by Gasteiger charge is -2.35. The Bertz CT molecular complexity index is 1180. The van der Waals surface area contributed by atoms with E-state index in [-0.39, 0.29) is 5.91 Å². The third kappa shape index (κ3) is 7.43. The number of amides is 2. The van der Waals surface area contributed by atoms with Crippen LogP contribution in [0.5, 0.6) is 5.75 Å². The van der Waals surface area contributed by atoms with Crippen LogP contribution in [0.4, 0.5) is 4.79 Å². The molecule has 3 aromatic carbocycles. The van der Waals surface area contributed by atoms with Crippen LogP contribution < -0.4 is 15.8 Å². The van der Waals surface area contributed by atoms with Crippen LogP contribution in [-0.2, 0) is 12.8 Å². The van der Waals surface area contributed by atoms with E-state index in [4.69, 9.17) is 10.5 Å². The number of nitrogens with one attached hydrogen (secondary N) is 1. The molecule has 3 N–H and O–H groups in total. The molecule has 0 spiro atoms. The normalized spacial score (nSPS) is 14.7. The molecule has 2 amide bonds. The fourth-order valence-electron chi connectivity index (χ4n) is 5.16. The van der Waals surface area contributed by atoms with Gasteiger partial charge in [-0.3, -0.25) is 4.79 Å². The van der Waals surface area contributed by atoms with Gasteiger partial charge in [0.15, 0.2) is 0 Å². The maximum atomic E-state index is 12.6. The quantitative estimate of drug-likeness (QED) is 0.337. The van der Waals surface area contributed by atoms with Crippen molar-refractivity contribution < 1.29 is 14.3 Å². The van der Waals surface area contributed by atoms with Crippen LogP contribution in [0.2, 0.25) is 0 Å². The van der Waals surface area contributed by atoms with Gasteiger partial charge in [0.1, 0.15) is 5.75 Å². The first-order valence-corrected chi connectivity index (χ1v) is 13.3. The zero-order valence-corrected chi connectivity index (χ0v) is 21.6. The first kappa shape index (κ1) is 26.4. The van der Waals surface area contributed by atoms with E-state index in [1.54, 1.807) is 0 Å². The van der Waals surface area contributed by atoms with E-state index in [0.29, 0.717) is 23.9 Å². The number of carbonyl (C=O) groups excluding carboxylic acids is 2. The van der Waals surface area contributed by atoms with Crippen LogP contribution in [0.1, 0.15) is 54.1 Å². The lowest BCUT2D eigenvalue weighted by molar-refractivity contribution is 0.0952. The monoisotopic (exact) mass is 499 g/mol. The number of benzene rings is 3. The summed E-state index contributed by atoms with van der Waals surface area (Å²) in [5.41, 5.74) is 10.7. The van der Waals surface area contributed by atoms with E-state index in [1.165, 1.54) is 11.1 Å². The van der Waals surface area contributed by atoms with Crippen molar-refractivity contribution in [1.29, 1.82) is 0 Å². The summed E-state index contributed by atoms with van der Waals surface area (Å²) in [5, 5.41) is 3.07. The number of carbonyl (C=O) groups is 2.